The molecule has 0 radical (unpaired) electrons. The molecule has 1 aliphatic rings. The zero-order valence-electron chi connectivity index (χ0n) is 8.90. The number of hydrogen-bond acceptors (Lipinski definition) is 1. The molecule has 0 aromatic carbocycles. The lowest BCUT2D eigenvalue weighted by Gasteiger charge is -2.38. The average Bonchev–Trinajstić information content (AvgIpc) is 2.14. The van der Waals surface area contributed by atoms with E-state index in [-0.39, 0.29) is 0 Å². The summed E-state index contributed by atoms with van der Waals surface area (Å²) in [6.45, 7) is -0.414. The molecular formula is C9H11F6NO. The fourth-order valence-corrected chi connectivity index (χ4v) is 1.83. The van der Waals surface area contributed by atoms with Crippen molar-refractivity contribution in [3.8, 4) is 0 Å². The van der Waals surface area contributed by atoms with Gasteiger partial charge in [0.05, 0.1) is 11.8 Å². The lowest BCUT2D eigenvalue weighted by molar-refractivity contribution is -0.229. The summed E-state index contributed by atoms with van der Waals surface area (Å²) in [6.07, 6.45) is -10.4. The van der Waals surface area contributed by atoms with Crippen LogP contribution in [-0.2, 0) is 4.79 Å². The molecule has 0 aromatic rings. The van der Waals surface area contributed by atoms with Crippen LogP contribution in [0.15, 0.2) is 0 Å². The number of nitrogens with zero attached hydrogens (tertiary/aromatic N) is 1. The van der Waals surface area contributed by atoms with Crippen LogP contribution in [0.25, 0.3) is 0 Å². The lowest BCUT2D eigenvalue weighted by atomic mass is 9.88. The molecule has 0 saturated carbocycles. The van der Waals surface area contributed by atoms with Crippen molar-refractivity contribution in [1.82, 2.24) is 4.90 Å². The number of alkyl halides is 6. The van der Waals surface area contributed by atoms with Crippen molar-refractivity contribution in [3.63, 3.8) is 0 Å². The van der Waals surface area contributed by atoms with Crippen LogP contribution in [-0.4, -0.2) is 36.2 Å². The molecule has 0 spiro atoms. The molecule has 0 aromatic heterocycles. The van der Waals surface area contributed by atoms with Crippen LogP contribution >= 0.6 is 0 Å². The van der Waals surface area contributed by atoms with E-state index in [1.807, 2.05) is 0 Å². The van der Waals surface area contributed by atoms with Gasteiger partial charge < -0.3 is 4.90 Å². The quantitative estimate of drug-likeness (QED) is 0.615. The van der Waals surface area contributed by atoms with Crippen molar-refractivity contribution >= 4 is 5.91 Å². The predicted octanol–water partition coefficient (Wildman–Crippen LogP) is 2.60. The van der Waals surface area contributed by atoms with Crippen molar-refractivity contribution in [1.29, 1.82) is 0 Å². The first-order valence-corrected chi connectivity index (χ1v) is 4.90. The molecule has 2 nitrogen and oxygen atoms in total. The van der Waals surface area contributed by atoms with Crippen LogP contribution in [0.4, 0.5) is 26.3 Å². The van der Waals surface area contributed by atoms with Gasteiger partial charge in [-0.2, -0.15) is 26.3 Å². The second-order valence-electron chi connectivity index (χ2n) is 4.14. The third-order valence-electron chi connectivity index (χ3n) is 2.82. The van der Waals surface area contributed by atoms with E-state index < -0.39 is 49.6 Å². The van der Waals surface area contributed by atoms with E-state index in [0.29, 0.717) is 4.90 Å². The van der Waals surface area contributed by atoms with E-state index in [2.05, 4.69) is 0 Å². The molecule has 1 rings (SSSR count). The first-order valence-electron chi connectivity index (χ1n) is 4.90. The third-order valence-corrected chi connectivity index (χ3v) is 2.82. The number of carbonyl (C=O) groups is 1. The Bertz CT molecular complexity index is 275. The summed E-state index contributed by atoms with van der Waals surface area (Å²) in [6, 6.07) is 0. The van der Waals surface area contributed by atoms with Gasteiger partial charge in [0, 0.05) is 20.0 Å². The van der Waals surface area contributed by atoms with Gasteiger partial charge in [-0.1, -0.05) is 0 Å². The van der Waals surface area contributed by atoms with E-state index in [9.17, 15) is 31.1 Å². The van der Waals surface area contributed by atoms with Crippen molar-refractivity contribution in [2.24, 2.45) is 11.8 Å². The minimum Gasteiger partial charge on any atom is -0.342 e. The zero-order valence-corrected chi connectivity index (χ0v) is 8.90. The highest BCUT2D eigenvalue weighted by molar-refractivity contribution is 5.73. The maximum absolute atomic E-state index is 12.4. The van der Waals surface area contributed by atoms with Crippen LogP contribution in [0.5, 0.6) is 0 Å². The average molecular weight is 263 g/mol. The summed E-state index contributed by atoms with van der Waals surface area (Å²) in [7, 11) is 0. The van der Waals surface area contributed by atoms with Gasteiger partial charge in [-0.3, -0.25) is 4.79 Å². The maximum Gasteiger partial charge on any atom is 0.393 e. The number of likely N-dealkylation sites (tertiary alicyclic amines) is 1. The van der Waals surface area contributed by atoms with Crippen molar-refractivity contribution in [2.75, 3.05) is 13.1 Å². The Kier molecular flexibility index (Phi) is 3.63. The summed E-state index contributed by atoms with van der Waals surface area (Å²) in [4.78, 5) is 11.5. The molecule has 2 unspecified atom stereocenters. The van der Waals surface area contributed by atoms with Crippen LogP contribution in [0, 0.1) is 11.8 Å². The van der Waals surface area contributed by atoms with Gasteiger partial charge in [-0.05, 0) is 6.42 Å². The van der Waals surface area contributed by atoms with Crippen molar-refractivity contribution in [2.45, 2.75) is 25.7 Å². The van der Waals surface area contributed by atoms with Crippen LogP contribution in [0.2, 0.25) is 0 Å². The van der Waals surface area contributed by atoms with E-state index in [0.717, 1.165) is 6.92 Å². The fraction of sp³-hybridized carbons (Fsp3) is 0.889. The highest BCUT2D eigenvalue weighted by Crippen LogP contribution is 2.41. The van der Waals surface area contributed by atoms with Gasteiger partial charge in [0.15, 0.2) is 0 Å². The summed E-state index contributed by atoms with van der Waals surface area (Å²) in [5.74, 6) is -4.98. The van der Waals surface area contributed by atoms with Gasteiger partial charge in [0.25, 0.3) is 0 Å². The number of hydrogen-bond donors (Lipinski definition) is 0. The summed E-state index contributed by atoms with van der Waals surface area (Å²) in [5, 5.41) is 0. The first-order chi connectivity index (χ1) is 7.51. The Hall–Kier alpha value is -0.950. The molecular weight excluding hydrogens is 252 g/mol. The van der Waals surface area contributed by atoms with Crippen molar-refractivity contribution in [3.05, 3.63) is 0 Å². The second-order valence-corrected chi connectivity index (χ2v) is 4.14. The molecule has 1 aliphatic heterocycles. The van der Waals surface area contributed by atoms with E-state index in [4.69, 9.17) is 0 Å². The lowest BCUT2D eigenvalue weighted by Crippen LogP contribution is -2.50. The third kappa shape index (κ3) is 3.50. The Labute approximate surface area is 93.6 Å². The minimum absolute atomic E-state index is 0.611. The molecule has 100 valence electrons. The molecule has 8 heteroatoms. The zero-order chi connectivity index (χ0) is 13.4. The molecule has 0 aliphatic carbocycles. The van der Waals surface area contributed by atoms with Gasteiger partial charge in [0.2, 0.25) is 5.91 Å². The minimum atomic E-state index is -4.71. The van der Waals surface area contributed by atoms with Crippen LogP contribution in [0.3, 0.4) is 0 Å². The van der Waals surface area contributed by atoms with E-state index >= 15 is 0 Å². The molecule has 1 fully saturated rings. The molecule has 0 bridgehead atoms. The molecule has 1 saturated heterocycles. The molecule has 0 N–H and O–H groups in total. The van der Waals surface area contributed by atoms with Crippen LogP contribution < -0.4 is 0 Å². The van der Waals surface area contributed by atoms with Gasteiger partial charge in [-0.25, -0.2) is 0 Å². The smallest absolute Gasteiger partial charge is 0.342 e. The summed E-state index contributed by atoms with van der Waals surface area (Å²) in [5.41, 5.74) is 0. The highest BCUT2D eigenvalue weighted by atomic mass is 19.4. The van der Waals surface area contributed by atoms with E-state index in [1.165, 1.54) is 0 Å². The largest absolute Gasteiger partial charge is 0.393 e. The number of carbonyl (C=O) groups excluding carboxylic acids is 1. The molecule has 2 atom stereocenters. The summed E-state index contributed by atoms with van der Waals surface area (Å²) < 4.78 is 74.6. The standard InChI is InChI=1S/C9H11F6NO/c1-5(17)16-3-6(8(10,11)12)2-7(4-16)9(13,14)15/h6-7H,2-4H2,1H3. The molecule has 17 heavy (non-hydrogen) atoms. The monoisotopic (exact) mass is 263 g/mol. The Morgan fingerprint density at radius 1 is 1.00 bits per heavy atom. The second kappa shape index (κ2) is 4.38. The highest BCUT2D eigenvalue weighted by Gasteiger charge is 2.51. The van der Waals surface area contributed by atoms with Crippen molar-refractivity contribution < 1.29 is 31.1 Å². The van der Waals surface area contributed by atoms with E-state index in [1.54, 1.807) is 0 Å². The van der Waals surface area contributed by atoms with Crippen LogP contribution in [0.1, 0.15) is 13.3 Å². The Morgan fingerprint density at radius 3 is 1.59 bits per heavy atom. The van der Waals surface area contributed by atoms with Gasteiger partial charge in [-0.15, -0.1) is 0 Å². The SMILES string of the molecule is CC(=O)N1CC(C(F)(F)F)CC(C(F)(F)F)C1. The number of amides is 1. The van der Waals surface area contributed by atoms with Gasteiger partial charge in [0.1, 0.15) is 0 Å². The molecule has 1 amide bonds. The summed E-state index contributed by atoms with van der Waals surface area (Å²) >= 11 is 0. The Morgan fingerprint density at radius 2 is 1.35 bits per heavy atom. The normalized spacial score (nSPS) is 27.1. The molecule has 1 heterocycles. The predicted molar refractivity (Wildman–Crippen MR) is 46.0 cm³/mol. The topological polar surface area (TPSA) is 20.3 Å². The number of halogens is 6. The first kappa shape index (κ1) is 14.1. The maximum atomic E-state index is 12.4. The number of piperidine rings is 1. The fourth-order valence-electron chi connectivity index (χ4n) is 1.83. The Balaban J connectivity index is 2.88. The van der Waals surface area contributed by atoms with Gasteiger partial charge >= 0.3 is 12.4 Å². The number of rotatable bonds is 0.